The molecule has 0 spiro atoms. The molecule has 0 N–H and O–H groups in total. The second-order valence-electron chi connectivity index (χ2n) is 3.51. The lowest BCUT2D eigenvalue weighted by atomic mass is 10.1. The molecule has 0 unspecified atom stereocenters. The smallest absolute Gasteiger partial charge is 0.453 e. The molecule has 0 aliphatic carbocycles. The van der Waals surface area contributed by atoms with Crippen LogP contribution >= 0.6 is 0 Å². The van der Waals surface area contributed by atoms with Gasteiger partial charge in [0.15, 0.2) is 12.0 Å². The highest BCUT2D eigenvalue weighted by Gasteiger charge is 2.32. The van der Waals surface area contributed by atoms with Crippen molar-refractivity contribution in [2.24, 2.45) is 0 Å². The normalized spacial score (nSPS) is 11.4. The first-order valence-electron chi connectivity index (χ1n) is 5.00. The van der Waals surface area contributed by atoms with Crippen LogP contribution in [0.5, 0.6) is 5.75 Å². The maximum absolute atomic E-state index is 13.1. The second kappa shape index (κ2) is 4.75. The molecular weight excluding hydrogens is 268 g/mol. The van der Waals surface area contributed by atoms with Gasteiger partial charge in [-0.25, -0.2) is 4.39 Å². The van der Waals surface area contributed by atoms with Crippen LogP contribution in [0.2, 0.25) is 0 Å². The van der Waals surface area contributed by atoms with E-state index in [1.807, 2.05) is 0 Å². The van der Waals surface area contributed by atoms with Gasteiger partial charge in [-0.2, -0.15) is 0 Å². The zero-order valence-electron chi connectivity index (χ0n) is 9.20. The lowest BCUT2D eigenvalue weighted by molar-refractivity contribution is -0.274. The van der Waals surface area contributed by atoms with Gasteiger partial charge in [-0.3, -0.25) is 4.79 Å². The predicted octanol–water partition coefficient (Wildman–Crippen LogP) is 3.80. The Morgan fingerprint density at radius 3 is 2.47 bits per heavy atom. The molecule has 3 nitrogen and oxygen atoms in total. The van der Waals surface area contributed by atoms with E-state index in [9.17, 15) is 22.4 Å². The number of alkyl halides is 3. The van der Waals surface area contributed by atoms with Crippen LogP contribution < -0.4 is 4.74 Å². The molecule has 2 aromatic rings. The Labute approximate surface area is 104 Å². The summed E-state index contributed by atoms with van der Waals surface area (Å²) in [6.45, 7) is 0. The standard InChI is InChI=1S/C12H6F4O3/c13-7-1-3-11(19-12(14,15)16)9(5-7)10-4-2-8(6-17)18-10/h1-6H. The average molecular weight is 274 g/mol. The van der Waals surface area contributed by atoms with Gasteiger partial charge in [-0.05, 0) is 30.3 Å². The highest BCUT2D eigenvalue weighted by Crippen LogP contribution is 2.35. The van der Waals surface area contributed by atoms with Crippen molar-refractivity contribution in [3.63, 3.8) is 0 Å². The van der Waals surface area contributed by atoms with Gasteiger partial charge in [-0.15, -0.1) is 13.2 Å². The fourth-order valence-corrected chi connectivity index (χ4v) is 1.47. The number of ether oxygens (including phenoxy) is 1. The number of hydrogen-bond donors (Lipinski definition) is 0. The van der Waals surface area contributed by atoms with Gasteiger partial charge < -0.3 is 9.15 Å². The van der Waals surface area contributed by atoms with Gasteiger partial charge in [0.1, 0.15) is 17.3 Å². The maximum Gasteiger partial charge on any atom is 0.573 e. The Morgan fingerprint density at radius 1 is 1.16 bits per heavy atom. The van der Waals surface area contributed by atoms with E-state index >= 15 is 0 Å². The lowest BCUT2D eigenvalue weighted by Crippen LogP contribution is -2.17. The quantitative estimate of drug-likeness (QED) is 0.631. The molecule has 100 valence electrons. The van der Waals surface area contributed by atoms with Crippen molar-refractivity contribution in [2.75, 3.05) is 0 Å². The van der Waals surface area contributed by atoms with Crippen molar-refractivity contribution in [1.82, 2.24) is 0 Å². The molecule has 1 aromatic heterocycles. The van der Waals surface area contributed by atoms with Gasteiger partial charge in [-0.1, -0.05) is 0 Å². The summed E-state index contributed by atoms with van der Waals surface area (Å²) in [4.78, 5) is 10.5. The summed E-state index contributed by atoms with van der Waals surface area (Å²) >= 11 is 0. The molecule has 0 saturated carbocycles. The second-order valence-corrected chi connectivity index (χ2v) is 3.51. The van der Waals surface area contributed by atoms with Crippen LogP contribution in [-0.4, -0.2) is 12.6 Å². The van der Waals surface area contributed by atoms with Crippen LogP contribution in [0.15, 0.2) is 34.7 Å². The van der Waals surface area contributed by atoms with Gasteiger partial charge in [0.25, 0.3) is 0 Å². The highest BCUT2D eigenvalue weighted by atomic mass is 19.4. The number of rotatable bonds is 3. The van der Waals surface area contributed by atoms with E-state index in [1.54, 1.807) is 0 Å². The monoisotopic (exact) mass is 274 g/mol. The Bertz CT molecular complexity index is 601. The molecule has 1 aromatic carbocycles. The molecule has 0 atom stereocenters. The topological polar surface area (TPSA) is 39.4 Å². The van der Waals surface area contributed by atoms with E-state index in [4.69, 9.17) is 4.42 Å². The average Bonchev–Trinajstić information content (AvgIpc) is 2.78. The molecule has 2 rings (SSSR count). The molecule has 0 aliphatic heterocycles. The molecule has 0 radical (unpaired) electrons. The van der Waals surface area contributed by atoms with E-state index in [0.29, 0.717) is 6.29 Å². The SMILES string of the molecule is O=Cc1ccc(-c2cc(F)ccc2OC(F)(F)F)o1. The minimum Gasteiger partial charge on any atom is -0.453 e. The summed E-state index contributed by atoms with van der Waals surface area (Å²) in [7, 11) is 0. The molecule has 0 aliphatic rings. The van der Waals surface area contributed by atoms with E-state index in [0.717, 1.165) is 18.2 Å². The summed E-state index contributed by atoms with van der Waals surface area (Å²) in [5.41, 5.74) is -0.231. The Morgan fingerprint density at radius 2 is 1.89 bits per heavy atom. The summed E-state index contributed by atoms with van der Waals surface area (Å²) in [6, 6.07) is 5.00. The first-order chi connectivity index (χ1) is 8.89. The first-order valence-corrected chi connectivity index (χ1v) is 5.00. The maximum atomic E-state index is 13.1. The minimum atomic E-state index is -4.91. The molecule has 0 amide bonds. The molecule has 19 heavy (non-hydrogen) atoms. The molecule has 1 heterocycles. The minimum absolute atomic E-state index is 0.0859. The molecule has 7 heteroatoms. The van der Waals surface area contributed by atoms with Gasteiger partial charge >= 0.3 is 6.36 Å². The van der Waals surface area contributed by atoms with Crippen molar-refractivity contribution in [2.45, 2.75) is 6.36 Å². The van der Waals surface area contributed by atoms with Gasteiger partial charge in [0.2, 0.25) is 0 Å². The third-order valence-corrected chi connectivity index (χ3v) is 2.18. The van der Waals surface area contributed by atoms with Crippen molar-refractivity contribution in [1.29, 1.82) is 0 Å². The number of carbonyl (C=O) groups is 1. The van der Waals surface area contributed by atoms with Crippen molar-refractivity contribution < 1.29 is 31.5 Å². The number of furan rings is 1. The van der Waals surface area contributed by atoms with Gasteiger partial charge in [0, 0.05) is 0 Å². The third-order valence-electron chi connectivity index (χ3n) is 2.18. The molecule has 0 saturated heterocycles. The molecule has 0 bridgehead atoms. The summed E-state index contributed by atoms with van der Waals surface area (Å²) in [5.74, 6) is -1.55. The predicted molar refractivity (Wildman–Crippen MR) is 56.2 cm³/mol. The fraction of sp³-hybridized carbons (Fsp3) is 0.0833. The van der Waals surface area contributed by atoms with Crippen LogP contribution in [0.25, 0.3) is 11.3 Å². The lowest BCUT2D eigenvalue weighted by Gasteiger charge is -2.11. The molecular formula is C12H6F4O3. The van der Waals surface area contributed by atoms with Crippen LogP contribution in [0.3, 0.4) is 0 Å². The van der Waals surface area contributed by atoms with E-state index in [1.165, 1.54) is 12.1 Å². The van der Waals surface area contributed by atoms with E-state index < -0.39 is 17.9 Å². The van der Waals surface area contributed by atoms with Crippen molar-refractivity contribution in [3.8, 4) is 17.1 Å². The van der Waals surface area contributed by atoms with Gasteiger partial charge in [0.05, 0.1) is 5.56 Å². The van der Waals surface area contributed by atoms with Crippen molar-refractivity contribution >= 4 is 6.29 Å². The molecule has 0 fully saturated rings. The number of carbonyl (C=O) groups excluding carboxylic acids is 1. The van der Waals surface area contributed by atoms with Crippen molar-refractivity contribution in [3.05, 3.63) is 41.9 Å². The summed E-state index contributed by atoms with van der Waals surface area (Å²) in [5, 5.41) is 0. The van der Waals surface area contributed by atoms with Crippen LogP contribution in [0, 0.1) is 5.82 Å². The first kappa shape index (κ1) is 13.1. The third kappa shape index (κ3) is 3.12. The zero-order chi connectivity index (χ0) is 14.0. The fourth-order valence-electron chi connectivity index (χ4n) is 1.47. The zero-order valence-corrected chi connectivity index (χ0v) is 9.20. The Kier molecular flexibility index (Phi) is 3.28. The van der Waals surface area contributed by atoms with Crippen LogP contribution in [-0.2, 0) is 0 Å². The Balaban J connectivity index is 2.47. The number of aldehydes is 1. The number of hydrogen-bond acceptors (Lipinski definition) is 3. The van der Waals surface area contributed by atoms with E-state index in [-0.39, 0.29) is 17.1 Å². The van der Waals surface area contributed by atoms with Crippen LogP contribution in [0.1, 0.15) is 10.6 Å². The summed E-state index contributed by atoms with van der Waals surface area (Å²) in [6.07, 6.45) is -4.53. The van der Waals surface area contributed by atoms with E-state index in [2.05, 4.69) is 4.74 Å². The number of halogens is 4. The largest absolute Gasteiger partial charge is 0.573 e. The Hall–Kier alpha value is -2.31. The number of benzene rings is 1. The summed E-state index contributed by atoms with van der Waals surface area (Å²) < 4.78 is 58.4. The van der Waals surface area contributed by atoms with Crippen LogP contribution in [0.4, 0.5) is 17.6 Å². The highest BCUT2D eigenvalue weighted by molar-refractivity contribution is 5.74.